The number of carbonyl (C=O) groups excluding carboxylic acids is 3. The molecule has 0 spiro atoms. The second-order valence-electron chi connectivity index (χ2n) is 11.4. The number of nitrogens with zero attached hydrogens (tertiary/aromatic N) is 1. The van der Waals surface area contributed by atoms with Gasteiger partial charge >= 0.3 is 0 Å². The summed E-state index contributed by atoms with van der Waals surface area (Å²) in [5.41, 5.74) is 8.62. The lowest BCUT2D eigenvalue weighted by Gasteiger charge is -2.32. The number of anilines is 1. The molecular formula is C36H49FN4O3. The van der Waals surface area contributed by atoms with Crippen LogP contribution >= 0.6 is 0 Å². The van der Waals surface area contributed by atoms with Gasteiger partial charge in [0, 0.05) is 41.4 Å². The van der Waals surface area contributed by atoms with Gasteiger partial charge in [-0.1, -0.05) is 74.7 Å². The first-order chi connectivity index (χ1) is 21.1. The second kappa shape index (κ2) is 20.1. The van der Waals surface area contributed by atoms with Crippen LogP contribution in [0.5, 0.6) is 0 Å². The summed E-state index contributed by atoms with van der Waals surface area (Å²) in [6.45, 7) is 7.61. The van der Waals surface area contributed by atoms with E-state index in [1.807, 2.05) is 18.2 Å². The van der Waals surface area contributed by atoms with E-state index in [0.717, 1.165) is 6.04 Å². The third-order valence-corrected chi connectivity index (χ3v) is 7.51. The van der Waals surface area contributed by atoms with Gasteiger partial charge in [-0.25, -0.2) is 4.39 Å². The topological polar surface area (TPSA) is 105 Å². The van der Waals surface area contributed by atoms with Gasteiger partial charge in [-0.2, -0.15) is 0 Å². The number of hydrogen-bond donors (Lipinski definition) is 3. The number of benzene rings is 3. The van der Waals surface area contributed by atoms with Crippen molar-refractivity contribution in [2.45, 2.75) is 71.4 Å². The second-order valence-corrected chi connectivity index (χ2v) is 11.4. The number of halogens is 1. The third kappa shape index (κ3) is 14.1. The molecule has 8 heteroatoms. The summed E-state index contributed by atoms with van der Waals surface area (Å²) >= 11 is 0. The molecule has 1 aliphatic rings. The van der Waals surface area contributed by atoms with Crippen LogP contribution < -0.4 is 16.4 Å². The average Bonchev–Trinajstić information content (AvgIpc) is 3.03. The van der Waals surface area contributed by atoms with Crippen LogP contribution in [0.4, 0.5) is 10.1 Å². The minimum absolute atomic E-state index is 0.193. The molecule has 0 bridgehead atoms. The Bertz CT molecular complexity index is 1270. The Kier molecular flexibility index (Phi) is 16.6. The number of aryl methyl sites for hydroxylation is 1. The Balaban J connectivity index is 0.000000320. The molecule has 2 unspecified atom stereocenters. The first-order valence-corrected chi connectivity index (χ1v) is 15.5. The molecule has 4 rings (SSSR count). The largest absolute Gasteiger partial charge is 0.350 e. The fraction of sp³-hybridized carbons (Fsp3) is 0.417. The summed E-state index contributed by atoms with van der Waals surface area (Å²) in [7, 11) is 2.26. The fourth-order valence-electron chi connectivity index (χ4n) is 4.90. The number of aldehydes is 1. The van der Waals surface area contributed by atoms with Gasteiger partial charge in [-0.3, -0.25) is 14.4 Å². The van der Waals surface area contributed by atoms with E-state index in [0.29, 0.717) is 29.5 Å². The Labute approximate surface area is 262 Å². The smallest absolute Gasteiger partial charge is 0.251 e. The van der Waals surface area contributed by atoms with E-state index in [4.69, 9.17) is 5.73 Å². The molecule has 44 heavy (non-hydrogen) atoms. The van der Waals surface area contributed by atoms with Crippen LogP contribution in [0.2, 0.25) is 0 Å². The molecule has 0 aliphatic carbocycles. The number of nitrogens with two attached hydrogens (primary N) is 1. The van der Waals surface area contributed by atoms with Crippen molar-refractivity contribution in [3.63, 3.8) is 0 Å². The van der Waals surface area contributed by atoms with E-state index in [1.165, 1.54) is 74.5 Å². The summed E-state index contributed by atoms with van der Waals surface area (Å²) in [5.74, 6) is -1.34. The van der Waals surface area contributed by atoms with Crippen molar-refractivity contribution < 1.29 is 18.8 Å². The van der Waals surface area contributed by atoms with E-state index in [-0.39, 0.29) is 30.1 Å². The zero-order chi connectivity index (χ0) is 32.3. The molecule has 4 N–H and O–H groups in total. The fourth-order valence-corrected chi connectivity index (χ4v) is 4.90. The summed E-state index contributed by atoms with van der Waals surface area (Å²) in [5, 5.41) is 5.39. The molecule has 3 atom stereocenters. The van der Waals surface area contributed by atoms with Crippen LogP contribution in [-0.4, -0.2) is 55.2 Å². The Hall–Kier alpha value is -3.88. The van der Waals surface area contributed by atoms with Crippen molar-refractivity contribution in [1.29, 1.82) is 0 Å². The highest BCUT2D eigenvalue weighted by Gasteiger charge is 2.18. The number of carbonyl (C=O) groups is 3. The molecule has 1 saturated heterocycles. The number of amides is 2. The van der Waals surface area contributed by atoms with Gasteiger partial charge in [0.1, 0.15) is 12.1 Å². The first kappa shape index (κ1) is 36.3. The van der Waals surface area contributed by atoms with Gasteiger partial charge < -0.3 is 21.3 Å². The minimum Gasteiger partial charge on any atom is -0.350 e. The van der Waals surface area contributed by atoms with Gasteiger partial charge in [0.2, 0.25) is 5.91 Å². The Morgan fingerprint density at radius 3 is 2.34 bits per heavy atom. The van der Waals surface area contributed by atoms with E-state index < -0.39 is 6.04 Å². The maximum absolute atomic E-state index is 12.9. The van der Waals surface area contributed by atoms with Gasteiger partial charge in [-0.15, -0.1) is 0 Å². The predicted molar refractivity (Wildman–Crippen MR) is 177 cm³/mol. The molecule has 2 amide bonds. The summed E-state index contributed by atoms with van der Waals surface area (Å²) < 4.78 is 12.9. The SMILES string of the molecule is CC(C[C@H](N)CNC(=O)c1cccc(C=O)c1)C(=O)Nc1ccc(F)cc1.CCCC1CCCCN1C.Cc1ccccc1. The molecule has 238 valence electrons. The van der Waals surface area contributed by atoms with Gasteiger partial charge in [-0.05, 0) is 82.6 Å². The van der Waals surface area contributed by atoms with Crippen molar-refractivity contribution in [3.05, 3.63) is 101 Å². The number of nitrogens with one attached hydrogen (secondary N) is 2. The maximum Gasteiger partial charge on any atom is 0.251 e. The number of rotatable bonds is 10. The highest BCUT2D eigenvalue weighted by atomic mass is 19.1. The van der Waals surface area contributed by atoms with Crippen LogP contribution in [0.3, 0.4) is 0 Å². The van der Waals surface area contributed by atoms with Gasteiger partial charge in [0.15, 0.2) is 0 Å². The van der Waals surface area contributed by atoms with Crippen LogP contribution in [0.15, 0.2) is 78.9 Å². The first-order valence-electron chi connectivity index (χ1n) is 15.5. The summed E-state index contributed by atoms with van der Waals surface area (Å²) in [6.07, 6.45) is 8.08. The Morgan fingerprint density at radius 1 is 1.05 bits per heavy atom. The van der Waals surface area contributed by atoms with Crippen LogP contribution in [0, 0.1) is 18.7 Å². The predicted octanol–water partition coefficient (Wildman–Crippen LogP) is 6.63. The monoisotopic (exact) mass is 604 g/mol. The van der Waals surface area contributed by atoms with Gasteiger partial charge in [0.25, 0.3) is 5.91 Å². The number of hydrogen-bond acceptors (Lipinski definition) is 5. The zero-order valence-electron chi connectivity index (χ0n) is 26.6. The summed E-state index contributed by atoms with van der Waals surface area (Å²) in [6, 6.07) is 22.6. The normalized spacial score (nSPS) is 15.7. The van der Waals surface area contributed by atoms with Crippen LogP contribution in [-0.2, 0) is 4.79 Å². The van der Waals surface area contributed by atoms with Crippen LogP contribution in [0.25, 0.3) is 0 Å². The lowest BCUT2D eigenvalue weighted by molar-refractivity contribution is -0.119. The minimum atomic E-state index is -0.419. The lowest BCUT2D eigenvalue weighted by atomic mass is 9.99. The van der Waals surface area contributed by atoms with Crippen molar-refractivity contribution in [3.8, 4) is 0 Å². The van der Waals surface area contributed by atoms with Gasteiger partial charge in [0.05, 0.1) is 0 Å². The van der Waals surface area contributed by atoms with E-state index in [2.05, 4.69) is 48.6 Å². The molecule has 1 heterocycles. The molecular weight excluding hydrogens is 555 g/mol. The van der Waals surface area contributed by atoms with Crippen LogP contribution in [0.1, 0.15) is 78.7 Å². The number of likely N-dealkylation sites (tertiary alicyclic amines) is 1. The molecule has 0 aromatic heterocycles. The van der Waals surface area contributed by atoms with Crippen molar-refractivity contribution >= 4 is 23.8 Å². The van der Waals surface area contributed by atoms with Crippen molar-refractivity contribution in [2.24, 2.45) is 11.7 Å². The molecule has 1 aliphatic heterocycles. The molecule has 1 fully saturated rings. The molecule has 7 nitrogen and oxygen atoms in total. The average molecular weight is 605 g/mol. The molecule has 0 radical (unpaired) electrons. The molecule has 3 aromatic carbocycles. The lowest BCUT2D eigenvalue weighted by Crippen LogP contribution is -2.39. The van der Waals surface area contributed by atoms with E-state index >= 15 is 0 Å². The molecule has 3 aromatic rings. The summed E-state index contributed by atoms with van der Waals surface area (Å²) in [4.78, 5) is 37.6. The quantitative estimate of drug-likeness (QED) is 0.226. The highest BCUT2D eigenvalue weighted by molar-refractivity contribution is 5.95. The number of piperidine rings is 1. The van der Waals surface area contributed by atoms with Crippen molar-refractivity contribution in [2.75, 3.05) is 25.5 Å². The maximum atomic E-state index is 12.9. The highest BCUT2D eigenvalue weighted by Crippen LogP contribution is 2.18. The van der Waals surface area contributed by atoms with E-state index in [9.17, 15) is 18.8 Å². The zero-order valence-corrected chi connectivity index (χ0v) is 26.6. The molecule has 0 saturated carbocycles. The standard InChI is InChI=1S/C20H22FN3O3.C9H19N.C7H8/c1-13(19(26)24-18-7-5-16(21)6-8-18)9-17(22)11-23-20(27)15-4-2-3-14(10-15)12-25;1-3-6-9-7-4-5-8-10(9)2;1-7-5-3-2-4-6-7/h2-8,10,12-13,17H,9,11,22H2,1H3,(H,23,27)(H,24,26);9H,3-8H2,1-2H3;2-6H,1H3/t13?,17-;;/m0../s1. The third-order valence-electron chi connectivity index (χ3n) is 7.51. The van der Waals surface area contributed by atoms with E-state index in [1.54, 1.807) is 25.1 Å². The van der Waals surface area contributed by atoms with Crippen molar-refractivity contribution in [1.82, 2.24) is 10.2 Å². The Morgan fingerprint density at radius 2 is 1.75 bits per heavy atom.